The van der Waals surface area contributed by atoms with Crippen molar-refractivity contribution in [2.24, 2.45) is 0 Å². The van der Waals surface area contributed by atoms with E-state index in [1.807, 2.05) is 19.1 Å². The number of aryl methyl sites for hydroxylation is 1. The molecule has 0 heterocycles. The van der Waals surface area contributed by atoms with E-state index in [0.29, 0.717) is 11.1 Å². The summed E-state index contributed by atoms with van der Waals surface area (Å²) in [7, 11) is 1.59. The minimum Gasteiger partial charge on any atom is -0.504 e. The molecular formula is C17H15NO3. The third-order valence-corrected chi connectivity index (χ3v) is 3.15. The van der Waals surface area contributed by atoms with E-state index < -0.39 is 0 Å². The normalized spacial score (nSPS) is 11.0. The van der Waals surface area contributed by atoms with Crippen LogP contribution >= 0.6 is 0 Å². The molecular weight excluding hydrogens is 266 g/mol. The van der Waals surface area contributed by atoms with Crippen molar-refractivity contribution in [3.8, 4) is 23.3 Å². The molecule has 0 aromatic heterocycles. The second-order valence-corrected chi connectivity index (χ2v) is 4.60. The molecule has 0 amide bonds. The number of nitriles is 1. The lowest BCUT2D eigenvalue weighted by Gasteiger charge is -2.07. The summed E-state index contributed by atoms with van der Waals surface area (Å²) >= 11 is 0. The second-order valence-electron chi connectivity index (χ2n) is 4.60. The SMILES string of the molecule is COc1ccc(/C(C#N)=C/c2ccc(O)c(O)c2)c(C)c1. The predicted octanol–water partition coefficient (Wildman–Crippen LogP) is 3.48. The Labute approximate surface area is 123 Å². The molecule has 4 nitrogen and oxygen atoms in total. The summed E-state index contributed by atoms with van der Waals surface area (Å²) in [5, 5.41) is 28.2. The zero-order valence-electron chi connectivity index (χ0n) is 11.8. The molecule has 106 valence electrons. The molecule has 0 aliphatic rings. The van der Waals surface area contributed by atoms with Crippen LogP contribution in [0.1, 0.15) is 16.7 Å². The molecule has 2 aromatic rings. The van der Waals surface area contributed by atoms with E-state index in [1.165, 1.54) is 12.1 Å². The number of hydrogen-bond donors (Lipinski definition) is 2. The maximum absolute atomic E-state index is 9.50. The first kappa shape index (κ1) is 14.5. The van der Waals surface area contributed by atoms with Crippen molar-refractivity contribution >= 4 is 11.6 Å². The van der Waals surface area contributed by atoms with Crippen LogP contribution in [0.15, 0.2) is 36.4 Å². The van der Waals surface area contributed by atoms with Crippen molar-refractivity contribution < 1.29 is 14.9 Å². The number of benzene rings is 2. The number of rotatable bonds is 3. The summed E-state index contributed by atoms with van der Waals surface area (Å²) in [6.45, 7) is 1.90. The average Bonchev–Trinajstić information content (AvgIpc) is 2.48. The van der Waals surface area contributed by atoms with Crippen LogP contribution in [0.5, 0.6) is 17.2 Å². The summed E-state index contributed by atoms with van der Waals surface area (Å²) in [4.78, 5) is 0. The summed E-state index contributed by atoms with van der Waals surface area (Å²) in [5.74, 6) is 0.328. The lowest BCUT2D eigenvalue weighted by molar-refractivity contribution is 0.403. The number of aromatic hydroxyl groups is 2. The predicted molar refractivity (Wildman–Crippen MR) is 81.0 cm³/mol. The van der Waals surface area contributed by atoms with Crippen molar-refractivity contribution in [3.63, 3.8) is 0 Å². The molecule has 0 aliphatic carbocycles. The molecule has 0 atom stereocenters. The van der Waals surface area contributed by atoms with E-state index in [4.69, 9.17) is 4.74 Å². The Morgan fingerprint density at radius 2 is 1.90 bits per heavy atom. The first-order valence-electron chi connectivity index (χ1n) is 6.34. The average molecular weight is 281 g/mol. The third kappa shape index (κ3) is 3.15. The van der Waals surface area contributed by atoms with Gasteiger partial charge in [-0.1, -0.05) is 6.07 Å². The Morgan fingerprint density at radius 1 is 1.14 bits per heavy atom. The molecule has 0 unspecified atom stereocenters. The maximum Gasteiger partial charge on any atom is 0.157 e. The van der Waals surface area contributed by atoms with Gasteiger partial charge in [-0.05, 0) is 60.0 Å². The van der Waals surface area contributed by atoms with Gasteiger partial charge in [0.15, 0.2) is 11.5 Å². The monoisotopic (exact) mass is 281 g/mol. The second kappa shape index (κ2) is 6.02. The van der Waals surface area contributed by atoms with E-state index in [-0.39, 0.29) is 11.5 Å². The summed E-state index contributed by atoms with van der Waals surface area (Å²) in [5.41, 5.74) is 2.83. The standard InChI is InChI=1S/C17H15NO3/c1-11-7-14(21-2)4-5-15(11)13(10-18)8-12-3-6-16(19)17(20)9-12/h3-9,19-20H,1-2H3/b13-8+. The molecule has 2 rings (SSSR count). The van der Waals surface area contributed by atoms with E-state index in [2.05, 4.69) is 6.07 Å². The Bertz CT molecular complexity index is 742. The van der Waals surface area contributed by atoms with E-state index in [0.717, 1.165) is 16.9 Å². The molecule has 0 saturated carbocycles. The van der Waals surface area contributed by atoms with Crippen molar-refractivity contribution in [2.45, 2.75) is 6.92 Å². The van der Waals surface area contributed by atoms with Crippen LogP contribution in [0.4, 0.5) is 0 Å². The van der Waals surface area contributed by atoms with Crippen LogP contribution in [0.3, 0.4) is 0 Å². The molecule has 21 heavy (non-hydrogen) atoms. The van der Waals surface area contributed by atoms with Crippen LogP contribution in [-0.2, 0) is 0 Å². The molecule has 4 heteroatoms. The fraction of sp³-hybridized carbons (Fsp3) is 0.118. The van der Waals surface area contributed by atoms with Gasteiger partial charge in [-0.15, -0.1) is 0 Å². The number of allylic oxidation sites excluding steroid dienone is 1. The Balaban J connectivity index is 2.46. The maximum atomic E-state index is 9.50. The fourth-order valence-corrected chi connectivity index (χ4v) is 2.03. The van der Waals surface area contributed by atoms with Gasteiger partial charge in [0.1, 0.15) is 5.75 Å². The number of ether oxygens (including phenoxy) is 1. The number of phenols is 2. The van der Waals surface area contributed by atoms with Gasteiger partial charge >= 0.3 is 0 Å². The first-order valence-corrected chi connectivity index (χ1v) is 6.34. The Kier molecular flexibility index (Phi) is 4.15. The van der Waals surface area contributed by atoms with Crippen LogP contribution in [0.2, 0.25) is 0 Å². The third-order valence-electron chi connectivity index (χ3n) is 3.15. The van der Waals surface area contributed by atoms with Gasteiger partial charge in [0.2, 0.25) is 0 Å². The largest absolute Gasteiger partial charge is 0.504 e. The fourth-order valence-electron chi connectivity index (χ4n) is 2.03. The minimum absolute atomic E-state index is 0.189. The minimum atomic E-state index is -0.215. The van der Waals surface area contributed by atoms with Crippen molar-refractivity contribution in [3.05, 3.63) is 53.1 Å². The molecule has 0 spiro atoms. The molecule has 2 aromatic carbocycles. The molecule has 0 bridgehead atoms. The van der Waals surface area contributed by atoms with Crippen molar-refractivity contribution in [1.82, 2.24) is 0 Å². The van der Waals surface area contributed by atoms with Gasteiger partial charge in [-0.2, -0.15) is 5.26 Å². The zero-order valence-corrected chi connectivity index (χ0v) is 11.8. The van der Waals surface area contributed by atoms with Gasteiger partial charge in [-0.25, -0.2) is 0 Å². The molecule has 0 radical (unpaired) electrons. The summed E-state index contributed by atoms with van der Waals surface area (Å²) in [6, 6.07) is 12.1. The van der Waals surface area contributed by atoms with Crippen LogP contribution in [0, 0.1) is 18.3 Å². The number of nitrogens with zero attached hydrogens (tertiary/aromatic N) is 1. The van der Waals surface area contributed by atoms with Gasteiger partial charge < -0.3 is 14.9 Å². The van der Waals surface area contributed by atoms with Crippen LogP contribution in [-0.4, -0.2) is 17.3 Å². The summed E-state index contributed by atoms with van der Waals surface area (Å²) in [6.07, 6.45) is 1.66. The van der Waals surface area contributed by atoms with E-state index in [9.17, 15) is 15.5 Å². The lowest BCUT2D eigenvalue weighted by atomic mass is 9.99. The van der Waals surface area contributed by atoms with Crippen LogP contribution in [0.25, 0.3) is 11.6 Å². The first-order chi connectivity index (χ1) is 10.0. The summed E-state index contributed by atoms with van der Waals surface area (Å²) < 4.78 is 5.15. The van der Waals surface area contributed by atoms with Gasteiger partial charge in [0.05, 0.1) is 18.8 Å². The Morgan fingerprint density at radius 3 is 2.48 bits per heavy atom. The Hall–Kier alpha value is -2.93. The molecule has 0 fully saturated rings. The zero-order chi connectivity index (χ0) is 15.4. The quantitative estimate of drug-likeness (QED) is 0.513. The number of hydrogen-bond acceptors (Lipinski definition) is 4. The lowest BCUT2D eigenvalue weighted by Crippen LogP contribution is -1.90. The van der Waals surface area contributed by atoms with Crippen molar-refractivity contribution in [2.75, 3.05) is 7.11 Å². The molecule has 2 N–H and O–H groups in total. The molecule has 0 aliphatic heterocycles. The highest BCUT2D eigenvalue weighted by Gasteiger charge is 2.07. The van der Waals surface area contributed by atoms with Crippen LogP contribution < -0.4 is 4.74 Å². The highest BCUT2D eigenvalue weighted by molar-refractivity contribution is 5.91. The highest BCUT2D eigenvalue weighted by atomic mass is 16.5. The van der Waals surface area contributed by atoms with E-state index >= 15 is 0 Å². The van der Waals surface area contributed by atoms with Gasteiger partial charge in [0, 0.05) is 0 Å². The topological polar surface area (TPSA) is 73.5 Å². The van der Waals surface area contributed by atoms with Gasteiger partial charge in [-0.3, -0.25) is 0 Å². The number of phenolic OH excluding ortho intramolecular Hbond substituents is 2. The van der Waals surface area contributed by atoms with E-state index in [1.54, 1.807) is 25.3 Å². The number of methoxy groups -OCH3 is 1. The van der Waals surface area contributed by atoms with Gasteiger partial charge in [0.25, 0.3) is 0 Å². The smallest absolute Gasteiger partial charge is 0.157 e. The van der Waals surface area contributed by atoms with Crippen molar-refractivity contribution in [1.29, 1.82) is 5.26 Å². The highest BCUT2D eigenvalue weighted by Crippen LogP contribution is 2.28. The molecule has 0 saturated heterocycles.